The van der Waals surface area contributed by atoms with E-state index in [2.05, 4.69) is 9.97 Å². The summed E-state index contributed by atoms with van der Waals surface area (Å²) in [6.07, 6.45) is 1.48. The summed E-state index contributed by atoms with van der Waals surface area (Å²) in [6.45, 7) is 5.89. The lowest BCUT2D eigenvalue weighted by Gasteiger charge is -1.95. The molecule has 0 spiro atoms. The minimum Gasteiger partial charge on any atom is -0.481 e. The van der Waals surface area contributed by atoms with Crippen molar-refractivity contribution >= 4 is 0 Å². The molecular weight excluding hydrogens is 140 g/mol. The highest BCUT2D eigenvalue weighted by molar-refractivity contribution is 5.11. The molecule has 3 nitrogen and oxygen atoms in total. The van der Waals surface area contributed by atoms with Gasteiger partial charge in [-0.05, 0) is 6.92 Å². The van der Waals surface area contributed by atoms with Gasteiger partial charge in [0.05, 0.1) is 7.11 Å². The zero-order chi connectivity index (χ0) is 8.69. The first-order valence-electron chi connectivity index (χ1n) is 3.65. The highest BCUT2D eigenvalue weighted by Crippen LogP contribution is 2.02. The largest absolute Gasteiger partial charge is 0.481 e. The summed E-state index contributed by atoms with van der Waals surface area (Å²) < 4.78 is 4.84. The fourth-order valence-electron chi connectivity index (χ4n) is 0.542. The fourth-order valence-corrected chi connectivity index (χ4v) is 0.542. The fraction of sp³-hybridized carbons (Fsp3) is 0.500. The molecule has 1 aromatic rings. The van der Waals surface area contributed by atoms with Crippen molar-refractivity contribution < 1.29 is 4.74 Å². The summed E-state index contributed by atoms with van der Waals surface area (Å²) in [7, 11) is 1.59. The van der Waals surface area contributed by atoms with Crippen LogP contribution in [0.2, 0.25) is 0 Å². The Morgan fingerprint density at radius 3 is 2.27 bits per heavy atom. The summed E-state index contributed by atoms with van der Waals surface area (Å²) in [4.78, 5) is 7.72. The van der Waals surface area contributed by atoms with Crippen LogP contribution in [0.15, 0.2) is 12.4 Å². The molecule has 0 saturated carbocycles. The molecule has 0 bridgehead atoms. The lowest BCUT2D eigenvalue weighted by atomic mass is 10.4. The standard InChI is InChI=1S/C6H8N2O.C2H6/c1-5-3-6(9-2)8-4-7-5;1-2/h3-4H,1-2H3;1-2H3. The van der Waals surface area contributed by atoms with Crippen molar-refractivity contribution in [1.82, 2.24) is 9.97 Å². The zero-order valence-electron chi connectivity index (χ0n) is 7.46. The maximum atomic E-state index is 4.84. The van der Waals surface area contributed by atoms with Gasteiger partial charge in [0.15, 0.2) is 0 Å². The second kappa shape index (κ2) is 5.65. The summed E-state index contributed by atoms with van der Waals surface area (Å²) in [5.41, 5.74) is 0.918. The van der Waals surface area contributed by atoms with Crippen LogP contribution in [0.5, 0.6) is 5.88 Å². The van der Waals surface area contributed by atoms with Crippen LogP contribution in [0.3, 0.4) is 0 Å². The molecule has 0 fully saturated rings. The van der Waals surface area contributed by atoms with E-state index in [4.69, 9.17) is 4.74 Å². The average molecular weight is 154 g/mol. The molecule has 1 aromatic heterocycles. The minimum absolute atomic E-state index is 0.613. The number of hydrogen-bond donors (Lipinski definition) is 0. The molecule has 0 saturated heterocycles. The number of aryl methyl sites for hydroxylation is 1. The van der Waals surface area contributed by atoms with Crippen LogP contribution in [0.25, 0.3) is 0 Å². The van der Waals surface area contributed by atoms with E-state index in [0.717, 1.165) is 5.69 Å². The molecule has 0 aliphatic heterocycles. The van der Waals surface area contributed by atoms with Crippen LogP contribution >= 0.6 is 0 Å². The number of ether oxygens (including phenoxy) is 1. The Morgan fingerprint density at radius 1 is 1.27 bits per heavy atom. The molecule has 0 N–H and O–H groups in total. The van der Waals surface area contributed by atoms with Crippen molar-refractivity contribution in [3.8, 4) is 5.88 Å². The van der Waals surface area contributed by atoms with E-state index < -0.39 is 0 Å². The maximum Gasteiger partial charge on any atom is 0.216 e. The Bertz CT molecular complexity index is 201. The van der Waals surface area contributed by atoms with Crippen molar-refractivity contribution in [1.29, 1.82) is 0 Å². The summed E-state index contributed by atoms with van der Waals surface area (Å²) in [5.74, 6) is 0.613. The molecule has 1 rings (SSSR count). The van der Waals surface area contributed by atoms with Gasteiger partial charge in [0.1, 0.15) is 6.33 Å². The number of methoxy groups -OCH3 is 1. The monoisotopic (exact) mass is 154 g/mol. The smallest absolute Gasteiger partial charge is 0.216 e. The third-order valence-electron chi connectivity index (χ3n) is 0.988. The molecule has 0 aliphatic carbocycles. The summed E-state index contributed by atoms with van der Waals surface area (Å²) in [5, 5.41) is 0. The van der Waals surface area contributed by atoms with Gasteiger partial charge in [0.2, 0.25) is 5.88 Å². The van der Waals surface area contributed by atoms with E-state index in [1.807, 2.05) is 20.8 Å². The highest BCUT2D eigenvalue weighted by Gasteiger charge is 1.89. The number of rotatable bonds is 1. The van der Waals surface area contributed by atoms with Crippen molar-refractivity contribution in [2.24, 2.45) is 0 Å². The predicted molar refractivity (Wildman–Crippen MR) is 44.7 cm³/mol. The van der Waals surface area contributed by atoms with Gasteiger partial charge in [-0.15, -0.1) is 0 Å². The van der Waals surface area contributed by atoms with Gasteiger partial charge in [0.25, 0.3) is 0 Å². The lowest BCUT2D eigenvalue weighted by Crippen LogP contribution is -1.88. The lowest BCUT2D eigenvalue weighted by molar-refractivity contribution is 0.396. The first-order valence-corrected chi connectivity index (χ1v) is 3.65. The van der Waals surface area contributed by atoms with Gasteiger partial charge in [-0.25, -0.2) is 9.97 Å². The first-order chi connectivity index (χ1) is 5.33. The molecule has 62 valence electrons. The maximum absolute atomic E-state index is 4.84. The summed E-state index contributed by atoms with van der Waals surface area (Å²) in [6, 6.07) is 1.78. The van der Waals surface area contributed by atoms with Crippen molar-refractivity contribution in [2.75, 3.05) is 7.11 Å². The molecule has 0 aromatic carbocycles. The van der Waals surface area contributed by atoms with Gasteiger partial charge in [-0.1, -0.05) is 13.8 Å². The van der Waals surface area contributed by atoms with Crippen LogP contribution in [0.4, 0.5) is 0 Å². The Balaban J connectivity index is 0.000000461. The minimum atomic E-state index is 0.613. The highest BCUT2D eigenvalue weighted by atomic mass is 16.5. The number of hydrogen-bond acceptors (Lipinski definition) is 3. The van der Waals surface area contributed by atoms with E-state index in [0.29, 0.717) is 5.88 Å². The average Bonchev–Trinajstić information content (AvgIpc) is 2.08. The molecule has 1 heterocycles. The van der Waals surface area contributed by atoms with E-state index in [9.17, 15) is 0 Å². The van der Waals surface area contributed by atoms with E-state index >= 15 is 0 Å². The van der Waals surface area contributed by atoms with Gasteiger partial charge < -0.3 is 4.74 Å². The Kier molecular flexibility index (Phi) is 5.07. The molecule has 0 radical (unpaired) electrons. The molecule has 0 aliphatic rings. The quantitative estimate of drug-likeness (QED) is 0.619. The molecule has 0 unspecified atom stereocenters. The van der Waals surface area contributed by atoms with Crippen LogP contribution in [0.1, 0.15) is 19.5 Å². The molecular formula is C8H14N2O. The summed E-state index contributed by atoms with van der Waals surface area (Å²) >= 11 is 0. The van der Waals surface area contributed by atoms with Gasteiger partial charge in [-0.3, -0.25) is 0 Å². The number of aromatic nitrogens is 2. The van der Waals surface area contributed by atoms with E-state index in [1.54, 1.807) is 13.2 Å². The third kappa shape index (κ3) is 3.55. The molecule has 0 amide bonds. The topological polar surface area (TPSA) is 35.0 Å². The SMILES string of the molecule is CC.COc1cc(C)ncn1. The van der Waals surface area contributed by atoms with Crippen LogP contribution in [-0.2, 0) is 0 Å². The van der Waals surface area contributed by atoms with Gasteiger partial charge >= 0.3 is 0 Å². The van der Waals surface area contributed by atoms with Crippen molar-refractivity contribution in [3.05, 3.63) is 18.1 Å². The van der Waals surface area contributed by atoms with Crippen molar-refractivity contribution in [3.63, 3.8) is 0 Å². The molecule has 11 heavy (non-hydrogen) atoms. The normalized spacial score (nSPS) is 8.00. The Morgan fingerprint density at radius 2 is 1.91 bits per heavy atom. The van der Waals surface area contributed by atoms with Gasteiger partial charge in [-0.2, -0.15) is 0 Å². The Labute approximate surface area is 67.4 Å². The number of nitrogens with zero attached hydrogens (tertiary/aromatic N) is 2. The second-order valence-electron chi connectivity index (χ2n) is 1.70. The second-order valence-corrected chi connectivity index (χ2v) is 1.70. The van der Waals surface area contributed by atoms with Crippen LogP contribution in [-0.4, -0.2) is 17.1 Å². The van der Waals surface area contributed by atoms with Crippen molar-refractivity contribution in [2.45, 2.75) is 20.8 Å². The molecule has 0 atom stereocenters. The van der Waals surface area contributed by atoms with E-state index in [-0.39, 0.29) is 0 Å². The van der Waals surface area contributed by atoms with Crippen LogP contribution in [0, 0.1) is 6.92 Å². The van der Waals surface area contributed by atoms with Crippen LogP contribution < -0.4 is 4.74 Å². The predicted octanol–water partition coefficient (Wildman–Crippen LogP) is 1.82. The van der Waals surface area contributed by atoms with E-state index in [1.165, 1.54) is 6.33 Å². The third-order valence-corrected chi connectivity index (χ3v) is 0.988. The van der Waals surface area contributed by atoms with Gasteiger partial charge in [0, 0.05) is 11.8 Å². The molecule has 3 heteroatoms. The zero-order valence-corrected chi connectivity index (χ0v) is 7.46. The first kappa shape index (κ1) is 9.88. The Hall–Kier alpha value is -1.12.